The number of rotatable bonds is 2. The zero-order chi connectivity index (χ0) is 13.3. The molecule has 1 aromatic rings. The molecule has 1 aliphatic rings. The van der Waals surface area contributed by atoms with Gasteiger partial charge in [0.05, 0.1) is 8.95 Å². The van der Waals surface area contributed by atoms with Gasteiger partial charge in [0.15, 0.2) is 0 Å². The third-order valence-electron chi connectivity index (χ3n) is 3.29. The minimum absolute atomic E-state index is 0. The number of benzene rings is 1. The van der Waals surface area contributed by atoms with Gasteiger partial charge in [0.1, 0.15) is 5.75 Å². The summed E-state index contributed by atoms with van der Waals surface area (Å²) >= 11 is 10.3. The minimum Gasteiger partial charge on any atom is -0.506 e. The van der Waals surface area contributed by atoms with Crippen LogP contribution >= 0.6 is 60.2 Å². The maximum Gasteiger partial charge on any atom is 0.144 e. The number of aromatic hydroxyl groups is 1. The van der Waals surface area contributed by atoms with Crippen molar-refractivity contribution in [1.82, 2.24) is 0 Å². The van der Waals surface area contributed by atoms with Crippen molar-refractivity contribution >= 4 is 60.2 Å². The number of phenols is 1. The fourth-order valence-corrected chi connectivity index (χ4v) is 4.86. The molecule has 1 heterocycles. The van der Waals surface area contributed by atoms with Gasteiger partial charge in [-0.3, -0.25) is 0 Å². The lowest BCUT2D eigenvalue weighted by Crippen LogP contribution is -2.28. The molecule has 19 heavy (non-hydrogen) atoms. The summed E-state index contributed by atoms with van der Waals surface area (Å²) in [6, 6.07) is 1.71. The van der Waals surface area contributed by atoms with E-state index in [1.165, 1.54) is 0 Å². The van der Waals surface area contributed by atoms with E-state index in [0.29, 0.717) is 14.9 Å². The fraction of sp³-hybridized carbons (Fsp3) is 0.500. The molecule has 108 valence electrons. The molecule has 0 saturated carbocycles. The molecule has 0 radical (unpaired) electrons. The smallest absolute Gasteiger partial charge is 0.144 e. The van der Waals surface area contributed by atoms with Crippen molar-refractivity contribution in [2.24, 2.45) is 11.7 Å². The summed E-state index contributed by atoms with van der Waals surface area (Å²) in [6.07, 6.45) is 1.91. The molecule has 7 heteroatoms. The van der Waals surface area contributed by atoms with Crippen molar-refractivity contribution in [1.29, 1.82) is 0 Å². The zero-order valence-electron chi connectivity index (χ0n) is 10.0. The van der Waals surface area contributed by atoms with Gasteiger partial charge in [-0.1, -0.05) is 15.9 Å². The molecule has 3 nitrogen and oxygen atoms in total. The number of phenolic OH excluding ortho intramolecular Hbond substituents is 1. The van der Waals surface area contributed by atoms with Crippen molar-refractivity contribution < 1.29 is 9.84 Å². The van der Waals surface area contributed by atoms with Crippen LogP contribution in [0.5, 0.6) is 5.75 Å². The highest BCUT2D eigenvalue weighted by molar-refractivity contribution is 9.11. The highest BCUT2D eigenvalue weighted by atomic mass is 79.9. The molecule has 0 aliphatic carbocycles. The number of hydrogen-bond acceptors (Lipinski definition) is 3. The third-order valence-corrected chi connectivity index (χ3v) is 5.35. The van der Waals surface area contributed by atoms with Gasteiger partial charge in [-0.25, -0.2) is 0 Å². The van der Waals surface area contributed by atoms with Gasteiger partial charge < -0.3 is 15.6 Å². The number of nitrogens with two attached hydrogens (primary N) is 1. The average Bonchev–Trinajstić information content (AvgIpc) is 2.37. The Morgan fingerprint density at radius 1 is 1.21 bits per heavy atom. The van der Waals surface area contributed by atoms with Crippen LogP contribution in [0, 0.1) is 5.92 Å². The van der Waals surface area contributed by atoms with E-state index in [0.717, 1.165) is 36.1 Å². The van der Waals surface area contributed by atoms with Crippen LogP contribution in [0.1, 0.15) is 24.4 Å². The molecule has 0 aromatic heterocycles. The summed E-state index contributed by atoms with van der Waals surface area (Å²) in [5.41, 5.74) is 7.27. The van der Waals surface area contributed by atoms with Crippen LogP contribution < -0.4 is 5.73 Å². The number of hydrogen-bond donors (Lipinski definition) is 2. The van der Waals surface area contributed by atoms with E-state index in [9.17, 15) is 5.11 Å². The summed E-state index contributed by atoms with van der Waals surface area (Å²) in [7, 11) is 0. The molecule has 1 fully saturated rings. The standard InChI is InChI=1S/C12H14Br3NO2.ClH/c13-7-5-8(14)12(17)10(15)9(7)11(16)6-1-3-18-4-2-6;/h5-6,11,17H,1-4,16H2;1H/t11-;/m1./s1. The van der Waals surface area contributed by atoms with Crippen LogP contribution in [0.3, 0.4) is 0 Å². The van der Waals surface area contributed by atoms with Crippen LogP contribution in [0.4, 0.5) is 0 Å². The summed E-state index contributed by atoms with van der Waals surface area (Å²) in [5, 5.41) is 9.96. The number of ether oxygens (including phenoxy) is 1. The highest BCUT2D eigenvalue weighted by Gasteiger charge is 2.27. The first-order valence-electron chi connectivity index (χ1n) is 5.72. The van der Waals surface area contributed by atoms with Gasteiger partial charge in [0.25, 0.3) is 0 Å². The van der Waals surface area contributed by atoms with Crippen molar-refractivity contribution in [2.75, 3.05) is 13.2 Å². The summed E-state index contributed by atoms with van der Waals surface area (Å²) in [6.45, 7) is 1.52. The van der Waals surface area contributed by atoms with E-state index in [4.69, 9.17) is 10.5 Å². The van der Waals surface area contributed by atoms with Gasteiger partial charge in [-0.2, -0.15) is 0 Å². The van der Waals surface area contributed by atoms with Crippen molar-refractivity contribution in [2.45, 2.75) is 18.9 Å². The average molecular weight is 480 g/mol. The molecule has 0 spiro atoms. The molecule has 0 bridgehead atoms. The van der Waals surface area contributed by atoms with Gasteiger partial charge >= 0.3 is 0 Å². The Morgan fingerprint density at radius 3 is 2.37 bits per heavy atom. The highest BCUT2D eigenvalue weighted by Crippen LogP contribution is 2.44. The monoisotopic (exact) mass is 477 g/mol. The van der Waals surface area contributed by atoms with Crippen LogP contribution in [0.2, 0.25) is 0 Å². The Balaban J connectivity index is 0.00000180. The Morgan fingerprint density at radius 2 is 1.79 bits per heavy atom. The lowest BCUT2D eigenvalue weighted by molar-refractivity contribution is 0.0582. The van der Waals surface area contributed by atoms with Crippen molar-refractivity contribution in [3.63, 3.8) is 0 Å². The van der Waals surface area contributed by atoms with E-state index >= 15 is 0 Å². The topological polar surface area (TPSA) is 55.5 Å². The van der Waals surface area contributed by atoms with Gasteiger partial charge in [-0.15, -0.1) is 12.4 Å². The lowest BCUT2D eigenvalue weighted by Gasteiger charge is -2.29. The third kappa shape index (κ3) is 3.86. The second kappa shape index (κ2) is 7.61. The SMILES string of the molecule is Cl.N[C@@H](c1c(Br)cc(Br)c(O)c1Br)C1CCOCC1. The summed E-state index contributed by atoms with van der Waals surface area (Å²) < 4.78 is 7.55. The summed E-state index contributed by atoms with van der Waals surface area (Å²) in [4.78, 5) is 0. The van der Waals surface area contributed by atoms with Crippen LogP contribution in [-0.4, -0.2) is 18.3 Å². The van der Waals surface area contributed by atoms with Crippen molar-refractivity contribution in [3.8, 4) is 5.75 Å². The molecule has 3 N–H and O–H groups in total. The predicted octanol–water partition coefficient (Wildman–Crippen LogP) is 4.53. The molecule has 1 aliphatic heterocycles. The van der Waals surface area contributed by atoms with E-state index in [2.05, 4.69) is 47.8 Å². The van der Waals surface area contributed by atoms with Gasteiger partial charge in [-0.05, 0) is 56.7 Å². The molecule has 2 rings (SSSR count). The van der Waals surface area contributed by atoms with Crippen LogP contribution in [0.15, 0.2) is 19.5 Å². The Labute approximate surface area is 144 Å². The Hall–Kier alpha value is 0.670. The van der Waals surface area contributed by atoms with Crippen LogP contribution in [-0.2, 0) is 4.74 Å². The second-order valence-corrected chi connectivity index (χ2v) is 6.89. The maximum atomic E-state index is 9.96. The van der Waals surface area contributed by atoms with Gasteiger partial charge in [0.2, 0.25) is 0 Å². The fourth-order valence-electron chi connectivity index (χ4n) is 2.21. The second-order valence-electron chi connectivity index (χ2n) is 4.39. The molecule has 0 unspecified atom stereocenters. The van der Waals surface area contributed by atoms with E-state index < -0.39 is 0 Å². The normalized spacial score (nSPS) is 17.9. The molecule has 1 aromatic carbocycles. The zero-order valence-corrected chi connectivity index (χ0v) is 15.6. The molecule has 0 amide bonds. The quantitative estimate of drug-likeness (QED) is 0.654. The lowest BCUT2D eigenvalue weighted by atomic mass is 9.88. The molecular formula is C12H15Br3ClNO2. The van der Waals surface area contributed by atoms with Crippen LogP contribution in [0.25, 0.3) is 0 Å². The van der Waals surface area contributed by atoms with Gasteiger partial charge in [0, 0.05) is 29.3 Å². The van der Waals surface area contributed by atoms with E-state index in [1.54, 1.807) is 0 Å². The first kappa shape index (κ1) is 17.7. The Bertz CT molecular complexity index is 453. The molecule has 1 atom stereocenters. The molecular weight excluding hydrogens is 465 g/mol. The van der Waals surface area contributed by atoms with E-state index in [1.807, 2.05) is 6.07 Å². The largest absolute Gasteiger partial charge is 0.506 e. The maximum absolute atomic E-state index is 9.96. The predicted molar refractivity (Wildman–Crippen MR) is 88.9 cm³/mol. The number of halogens is 4. The Kier molecular flexibility index (Phi) is 7.10. The first-order valence-corrected chi connectivity index (χ1v) is 8.10. The molecule has 1 saturated heterocycles. The van der Waals surface area contributed by atoms with Crippen molar-refractivity contribution in [3.05, 3.63) is 25.0 Å². The first-order chi connectivity index (χ1) is 8.52. The summed E-state index contributed by atoms with van der Waals surface area (Å²) in [5.74, 6) is 0.572. The van der Waals surface area contributed by atoms with E-state index in [-0.39, 0.29) is 24.2 Å². The minimum atomic E-state index is -0.114.